The molecule has 2 aromatic carbocycles. The van der Waals surface area contributed by atoms with Crippen molar-refractivity contribution in [1.29, 1.82) is 0 Å². The van der Waals surface area contributed by atoms with Crippen molar-refractivity contribution >= 4 is 16.9 Å². The van der Waals surface area contributed by atoms with Gasteiger partial charge in [-0.2, -0.15) is 0 Å². The lowest BCUT2D eigenvalue weighted by molar-refractivity contribution is 0.0577. The van der Waals surface area contributed by atoms with Gasteiger partial charge in [0.25, 0.3) is 5.91 Å². The van der Waals surface area contributed by atoms with Crippen LogP contribution in [0.4, 0.5) is 0 Å². The minimum atomic E-state index is -0.144. The first-order chi connectivity index (χ1) is 15.1. The van der Waals surface area contributed by atoms with Crippen molar-refractivity contribution in [3.63, 3.8) is 0 Å². The third-order valence-corrected chi connectivity index (χ3v) is 7.18. The number of amides is 1. The van der Waals surface area contributed by atoms with Crippen molar-refractivity contribution < 1.29 is 4.79 Å². The summed E-state index contributed by atoms with van der Waals surface area (Å²) in [6.45, 7) is 5.89. The lowest BCUT2D eigenvalue weighted by Crippen LogP contribution is -2.48. The minimum Gasteiger partial charge on any atom is -0.339 e. The molecule has 2 N–H and O–H groups in total. The number of rotatable bonds is 3. The molecule has 2 fully saturated rings. The molecular formula is C25H30N4O2. The third-order valence-electron chi connectivity index (χ3n) is 7.18. The van der Waals surface area contributed by atoms with Crippen molar-refractivity contribution in [2.24, 2.45) is 0 Å². The number of aryl methyl sites for hydroxylation is 1. The summed E-state index contributed by atoms with van der Waals surface area (Å²) in [5, 5.41) is 0. The first-order valence-corrected chi connectivity index (χ1v) is 11.4. The number of hydrogen-bond donors (Lipinski definition) is 2. The number of carbonyl (C=O) groups excluding carboxylic acids is 1. The molecule has 0 bridgehead atoms. The van der Waals surface area contributed by atoms with Crippen molar-refractivity contribution in [1.82, 2.24) is 19.8 Å². The summed E-state index contributed by atoms with van der Waals surface area (Å²) in [4.78, 5) is 34.7. The molecule has 0 atom stereocenters. The van der Waals surface area contributed by atoms with E-state index in [2.05, 4.69) is 27.0 Å². The molecule has 5 rings (SSSR count). The van der Waals surface area contributed by atoms with Gasteiger partial charge in [0.15, 0.2) is 0 Å². The van der Waals surface area contributed by atoms with Crippen LogP contribution in [-0.2, 0) is 0 Å². The maximum atomic E-state index is 12.9. The second-order valence-corrected chi connectivity index (χ2v) is 9.03. The summed E-state index contributed by atoms with van der Waals surface area (Å²) in [6.07, 6.45) is 4.39. The standard InChI is InChI=1S/C25H30N4O2/c1-17-4-2-3-5-21(17)24(30)29-14-10-20(11-15-29)28-12-8-18(9-13-28)19-6-7-22-23(16-19)27-25(31)26-22/h2-7,16,18,20H,8-15H2,1H3,(H2,26,27,31). The fraction of sp³-hybridized carbons (Fsp3) is 0.440. The number of piperidine rings is 2. The summed E-state index contributed by atoms with van der Waals surface area (Å²) in [7, 11) is 0. The minimum absolute atomic E-state index is 0.144. The first kappa shape index (κ1) is 20.1. The number of fused-ring (bicyclic) bond motifs is 1. The summed E-state index contributed by atoms with van der Waals surface area (Å²) in [6, 6.07) is 14.7. The number of H-pyrrole nitrogens is 2. The average Bonchev–Trinajstić information content (AvgIpc) is 3.18. The number of likely N-dealkylation sites (tertiary alicyclic amines) is 2. The second-order valence-electron chi connectivity index (χ2n) is 9.03. The zero-order valence-electron chi connectivity index (χ0n) is 18.1. The van der Waals surface area contributed by atoms with Crippen molar-refractivity contribution in [2.75, 3.05) is 26.2 Å². The monoisotopic (exact) mass is 418 g/mol. The lowest BCUT2D eigenvalue weighted by atomic mass is 9.87. The van der Waals surface area contributed by atoms with Gasteiger partial charge >= 0.3 is 5.69 Å². The van der Waals surface area contributed by atoms with E-state index in [1.165, 1.54) is 5.56 Å². The average molecular weight is 419 g/mol. The molecule has 2 saturated heterocycles. The maximum absolute atomic E-state index is 12.9. The van der Waals surface area contributed by atoms with Crippen LogP contribution in [0.5, 0.6) is 0 Å². The van der Waals surface area contributed by atoms with Crippen LogP contribution >= 0.6 is 0 Å². The molecule has 6 heteroatoms. The fourth-order valence-corrected chi connectivity index (χ4v) is 5.32. The Morgan fingerprint density at radius 1 is 0.903 bits per heavy atom. The van der Waals surface area contributed by atoms with E-state index in [1.807, 2.05) is 42.2 Å². The quantitative estimate of drug-likeness (QED) is 0.682. The van der Waals surface area contributed by atoms with E-state index in [1.54, 1.807) is 0 Å². The van der Waals surface area contributed by atoms with Gasteiger partial charge in [-0.25, -0.2) is 4.79 Å². The molecule has 0 radical (unpaired) electrons. The predicted molar refractivity (Wildman–Crippen MR) is 123 cm³/mol. The Kier molecular flexibility index (Phi) is 5.40. The highest BCUT2D eigenvalue weighted by Gasteiger charge is 2.30. The molecule has 0 aliphatic carbocycles. The molecular weight excluding hydrogens is 388 g/mol. The van der Waals surface area contributed by atoms with E-state index >= 15 is 0 Å². The Balaban J connectivity index is 1.16. The van der Waals surface area contributed by atoms with Crippen molar-refractivity contribution in [3.8, 4) is 0 Å². The molecule has 0 saturated carbocycles. The Morgan fingerprint density at radius 3 is 2.35 bits per heavy atom. The predicted octanol–water partition coefficient (Wildman–Crippen LogP) is 3.65. The molecule has 0 spiro atoms. The van der Waals surface area contributed by atoms with Gasteiger partial charge in [-0.15, -0.1) is 0 Å². The van der Waals surface area contributed by atoms with Crippen LogP contribution in [0.25, 0.3) is 11.0 Å². The number of imidazole rings is 1. The van der Waals surface area contributed by atoms with Crippen LogP contribution in [0, 0.1) is 6.92 Å². The molecule has 3 aromatic rings. The zero-order chi connectivity index (χ0) is 21.4. The van der Waals surface area contributed by atoms with Gasteiger partial charge in [0.05, 0.1) is 11.0 Å². The summed E-state index contributed by atoms with van der Waals surface area (Å²) in [5.74, 6) is 0.718. The van der Waals surface area contributed by atoms with Crippen LogP contribution in [0.15, 0.2) is 47.3 Å². The van der Waals surface area contributed by atoms with Gasteiger partial charge in [0.2, 0.25) is 0 Å². The fourth-order valence-electron chi connectivity index (χ4n) is 5.32. The number of benzene rings is 2. The number of carbonyl (C=O) groups is 1. The second kappa shape index (κ2) is 8.35. The van der Waals surface area contributed by atoms with Crippen LogP contribution < -0.4 is 5.69 Å². The third kappa shape index (κ3) is 4.04. The Labute approximate surface area is 182 Å². The zero-order valence-corrected chi connectivity index (χ0v) is 18.1. The topological polar surface area (TPSA) is 72.2 Å². The number of hydrogen-bond acceptors (Lipinski definition) is 3. The molecule has 1 amide bonds. The van der Waals surface area contributed by atoms with E-state index in [0.717, 1.165) is 74.0 Å². The summed E-state index contributed by atoms with van der Waals surface area (Å²) >= 11 is 0. The first-order valence-electron chi connectivity index (χ1n) is 11.4. The maximum Gasteiger partial charge on any atom is 0.323 e. The lowest BCUT2D eigenvalue weighted by Gasteiger charge is -2.42. The highest BCUT2D eigenvalue weighted by atomic mass is 16.2. The van der Waals surface area contributed by atoms with Gasteiger partial charge in [-0.05, 0) is 80.9 Å². The normalized spacial score (nSPS) is 19.2. The van der Waals surface area contributed by atoms with Crippen molar-refractivity contribution in [3.05, 3.63) is 69.6 Å². The molecule has 1 aromatic heterocycles. The van der Waals surface area contributed by atoms with Crippen molar-refractivity contribution in [2.45, 2.75) is 44.6 Å². The smallest absolute Gasteiger partial charge is 0.323 e. The van der Waals surface area contributed by atoms with Gasteiger partial charge in [0, 0.05) is 24.7 Å². The Morgan fingerprint density at radius 2 is 1.61 bits per heavy atom. The van der Waals surface area contributed by atoms with Gasteiger partial charge in [-0.1, -0.05) is 24.3 Å². The molecule has 31 heavy (non-hydrogen) atoms. The molecule has 2 aliphatic heterocycles. The van der Waals surface area contributed by atoms with Crippen LogP contribution in [-0.4, -0.2) is 57.9 Å². The van der Waals surface area contributed by atoms with Crippen LogP contribution in [0.1, 0.15) is 53.1 Å². The summed E-state index contributed by atoms with van der Waals surface area (Å²) < 4.78 is 0. The number of aromatic amines is 2. The SMILES string of the molecule is Cc1ccccc1C(=O)N1CCC(N2CCC(c3ccc4[nH]c(=O)[nH]c4c3)CC2)CC1. The van der Waals surface area contributed by atoms with Crippen LogP contribution in [0.2, 0.25) is 0 Å². The number of aromatic nitrogens is 2. The molecule has 6 nitrogen and oxygen atoms in total. The van der Waals surface area contributed by atoms with E-state index in [0.29, 0.717) is 12.0 Å². The summed E-state index contributed by atoms with van der Waals surface area (Å²) in [5.41, 5.74) is 4.84. The molecule has 2 aliphatic rings. The molecule has 162 valence electrons. The highest BCUT2D eigenvalue weighted by molar-refractivity contribution is 5.95. The molecule has 0 unspecified atom stereocenters. The van der Waals surface area contributed by atoms with Crippen LogP contribution in [0.3, 0.4) is 0 Å². The van der Waals surface area contributed by atoms with Gasteiger partial charge in [0.1, 0.15) is 0 Å². The Bertz CT molecular complexity index is 1130. The number of nitrogens with zero attached hydrogens (tertiary/aromatic N) is 2. The van der Waals surface area contributed by atoms with E-state index < -0.39 is 0 Å². The highest BCUT2D eigenvalue weighted by Crippen LogP contribution is 2.31. The van der Waals surface area contributed by atoms with E-state index in [4.69, 9.17) is 0 Å². The largest absolute Gasteiger partial charge is 0.339 e. The number of nitrogens with one attached hydrogen (secondary N) is 2. The molecule has 3 heterocycles. The van der Waals surface area contributed by atoms with Gasteiger partial charge < -0.3 is 19.8 Å². The Hall–Kier alpha value is -2.86. The van der Waals surface area contributed by atoms with Gasteiger partial charge in [-0.3, -0.25) is 4.79 Å². The van der Waals surface area contributed by atoms with E-state index in [9.17, 15) is 9.59 Å². The van der Waals surface area contributed by atoms with E-state index in [-0.39, 0.29) is 11.6 Å².